The smallest absolute Gasteiger partial charge is 0.122 e. The van der Waals surface area contributed by atoms with E-state index in [0.29, 0.717) is 5.41 Å². The molecule has 1 aromatic carbocycles. The Bertz CT molecular complexity index is 369. The van der Waals surface area contributed by atoms with E-state index in [4.69, 9.17) is 4.74 Å². The first-order valence-electron chi connectivity index (χ1n) is 5.19. The van der Waals surface area contributed by atoms with E-state index in [0.717, 1.165) is 16.8 Å². The fourth-order valence-electron chi connectivity index (χ4n) is 2.51. The second kappa shape index (κ2) is 2.99. The first-order valence-corrected chi connectivity index (χ1v) is 5.98. The molecule has 1 nitrogen and oxygen atoms in total. The van der Waals surface area contributed by atoms with Gasteiger partial charge in [-0.1, -0.05) is 22.4 Å². The van der Waals surface area contributed by atoms with Crippen molar-refractivity contribution in [2.75, 3.05) is 6.61 Å². The van der Waals surface area contributed by atoms with Gasteiger partial charge in [-0.05, 0) is 43.0 Å². The van der Waals surface area contributed by atoms with Crippen molar-refractivity contribution in [3.8, 4) is 5.75 Å². The highest BCUT2D eigenvalue weighted by atomic mass is 79.9. The van der Waals surface area contributed by atoms with Gasteiger partial charge in [0, 0.05) is 9.89 Å². The number of benzene rings is 1. The number of halogens is 1. The third-order valence-electron chi connectivity index (χ3n) is 3.54. The van der Waals surface area contributed by atoms with Crippen LogP contribution in [-0.2, 0) is 6.42 Å². The SMILES string of the molecule is Brc1ccc2c(c1)CC1(CCC1)CO2. The molecular weight excluding hydrogens is 240 g/mol. The van der Waals surface area contributed by atoms with E-state index in [1.807, 2.05) is 0 Å². The summed E-state index contributed by atoms with van der Waals surface area (Å²) in [6.45, 7) is 0.932. The molecule has 0 unspecified atom stereocenters. The first kappa shape index (κ1) is 8.78. The normalized spacial score (nSPS) is 22.4. The van der Waals surface area contributed by atoms with E-state index in [9.17, 15) is 0 Å². The monoisotopic (exact) mass is 252 g/mol. The van der Waals surface area contributed by atoms with Crippen LogP contribution in [0.15, 0.2) is 22.7 Å². The highest BCUT2D eigenvalue weighted by molar-refractivity contribution is 9.10. The molecule has 74 valence electrons. The van der Waals surface area contributed by atoms with Gasteiger partial charge in [-0.2, -0.15) is 0 Å². The second-order valence-corrected chi connectivity index (χ2v) is 5.49. The van der Waals surface area contributed by atoms with Crippen LogP contribution in [0, 0.1) is 5.41 Å². The highest BCUT2D eigenvalue weighted by Gasteiger charge is 2.40. The van der Waals surface area contributed by atoms with Gasteiger partial charge in [0.05, 0.1) is 6.61 Å². The highest BCUT2D eigenvalue weighted by Crippen LogP contribution is 2.48. The quantitative estimate of drug-likeness (QED) is 0.687. The molecule has 1 aliphatic heterocycles. The summed E-state index contributed by atoms with van der Waals surface area (Å²) >= 11 is 3.51. The molecule has 0 bridgehead atoms. The van der Waals surface area contributed by atoms with E-state index in [2.05, 4.69) is 34.1 Å². The lowest BCUT2D eigenvalue weighted by molar-refractivity contribution is 0.0411. The Morgan fingerprint density at radius 2 is 2.14 bits per heavy atom. The molecule has 1 fully saturated rings. The van der Waals surface area contributed by atoms with Gasteiger partial charge in [0.25, 0.3) is 0 Å². The molecule has 1 saturated carbocycles. The Labute approximate surface area is 92.6 Å². The fourth-order valence-corrected chi connectivity index (χ4v) is 2.92. The molecule has 1 heterocycles. The summed E-state index contributed by atoms with van der Waals surface area (Å²) in [5, 5.41) is 0. The van der Waals surface area contributed by atoms with E-state index >= 15 is 0 Å². The Kier molecular flexibility index (Phi) is 1.88. The largest absolute Gasteiger partial charge is 0.493 e. The van der Waals surface area contributed by atoms with Crippen LogP contribution in [0.4, 0.5) is 0 Å². The molecule has 1 aromatic rings. The maximum Gasteiger partial charge on any atom is 0.122 e. The van der Waals surface area contributed by atoms with Crippen LogP contribution in [0.3, 0.4) is 0 Å². The van der Waals surface area contributed by atoms with Crippen molar-refractivity contribution in [2.45, 2.75) is 25.7 Å². The maximum absolute atomic E-state index is 5.82. The molecular formula is C12H13BrO. The van der Waals surface area contributed by atoms with E-state index in [1.165, 1.54) is 31.2 Å². The minimum Gasteiger partial charge on any atom is -0.493 e. The summed E-state index contributed by atoms with van der Waals surface area (Å²) in [5.74, 6) is 1.09. The van der Waals surface area contributed by atoms with Crippen molar-refractivity contribution in [3.63, 3.8) is 0 Å². The van der Waals surface area contributed by atoms with Gasteiger partial charge in [0.15, 0.2) is 0 Å². The van der Waals surface area contributed by atoms with Crippen molar-refractivity contribution in [1.82, 2.24) is 0 Å². The van der Waals surface area contributed by atoms with Crippen LogP contribution in [-0.4, -0.2) is 6.61 Å². The Balaban J connectivity index is 1.96. The lowest BCUT2D eigenvalue weighted by atomic mass is 9.65. The van der Waals surface area contributed by atoms with Gasteiger partial charge in [0.1, 0.15) is 5.75 Å². The van der Waals surface area contributed by atoms with Gasteiger partial charge in [0.2, 0.25) is 0 Å². The summed E-state index contributed by atoms with van der Waals surface area (Å²) in [5.41, 5.74) is 1.87. The average Bonchev–Trinajstić information content (AvgIpc) is 2.14. The molecule has 2 heteroatoms. The molecule has 14 heavy (non-hydrogen) atoms. The fraction of sp³-hybridized carbons (Fsp3) is 0.500. The van der Waals surface area contributed by atoms with Crippen molar-refractivity contribution < 1.29 is 4.74 Å². The zero-order valence-electron chi connectivity index (χ0n) is 8.05. The van der Waals surface area contributed by atoms with Gasteiger partial charge in [-0.15, -0.1) is 0 Å². The molecule has 0 amide bonds. The van der Waals surface area contributed by atoms with Gasteiger partial charge in [-0.25, -0.2) is 0 Å². The van der Waals surface area contributed by atoms with Crippen LogP contribution in [0.5, 0.6) is 5.75 Å². The summed E-state index contributed by atoms with van der Waals surface area (Å²) < 4.78 is 6.98. The Hall–Kier alpha value is -0.500. The third kappa shape index (κ3) is 1.28. The summed E-state index contributed by atoms with van der Waals surface area (Å²) in [7, 11) is 0. The van der Waals surface area contributed by atoms with Crippen molar-refractivity contribution in [3.05, 3.63) is 28.2 Å². The standard InChI is InChI=1S/C12H13BrO/c13-10-2-3-11-9(6-10)7-12(8-14-11)4-1-5-12/h2-3,6H,1,4-5,7-8H2. The Morgan fingerprint density at radius 1 is 1.29 bits per heavy atom. The number of ether oxygens (including phenoxy) is 1. The van der Waals surface area contributed by atoms with Crippen LogP contribution >= 0.6 is 15.9 Å². The van der Waals surface area contributed by atoms with Crippen molar-refractivity contribution >= 4 is 15.9 Å². The molecule has 0 N–H and O–H groups in total. The predicted octanol–water partition coefficient (Wildman–Crippen LogP) is 3.55. The van der Waals surface area contributed by atoms with Crippen LogP contribution in [0.1, 0.15) is 24.8 Å². The zero-order valence-corrected chi connectivity index (χ0v) is 9.64. The van der Waals surface area contributed by atoms with E-state index in [-0.39, 0.29) is 0 Å². The summed E-state index contributed by atoms with van der Waals surface area (Å²) in [6, 6.07) is 6.33. The maximum atomic E-state index is 5.82. The molecule has 0 aromatic heterocycles. The number of rotatable bonds is 0. The zero-order chi connectivity index (χ0) is 9.60. The molecule has 1 spiro atoms. The molecule has 3 rings (SSSR count). The average molecular weight is 253 g/mol. The molecule has 1 aliphatic carbocycles. The number of hydrogen-bond donors (Lipinski definition) is 0. The second-order valence-electron chi connectivity index (χ2n) is 4.57. The van der Waals surface area contributed by atoms with Crippen molar-refractivity contribution in [2.24, 2.45) is 5.41 Å². The molecule has 2 aliphatic rings. The van der Waals surface area contributed by atoms with Crippen molar-refractivity contribution in [1.29, 1.82) is 0 Å². The Morgan fingerprint density at radius 3 is 2.86 bits per heavy atom. The van der Waals surface area contributed by atoms with Gasteiger partial charge < -0.3 is 4.74 Å². The van der Waals surface area contributed by atoms with Gasteiger partial charge >= 0.3 is 0 Å². The first-order chi connectivity index (χ1) is 6.77. The third-order valence-corrected chi connectivity index (χ3v) is 4.03. The van der Waals surface area contributed by atoms with Gasteiger partial charge in [-0.3, -0.25) is 0 Å². The minimum atomic E-state index is 0.494. The van der Waals surface area contributed by atoms with Crippen LogP contribution in [0.2, 0.25) is 0 Å². The number of fused-ring (bicyclic) bond motifs is 1. The lowest BCUT2D eigenvalue weighted by Crippen LogP contribution is -2.40. The summed E-state index contributed by atoms with van der Waals surface area (Å²) in [4.78, 5) is 0. The summed E-state index contributed by atoms with van der Waals surface area (Å²) in [6.07, 6.45) is 5.28. The van der Waals surface area contributed by atoms with E-state index in [1.54, 1.807) is 0 Å². The molecule has 0 saturated heterocycles. The van der Waals surface area contributed by atoms with Crippen LogP contribution in [0.25, 0.3) is 0 Å². The number of hydrogen-bond acceptors (Lipinski definition) is 1. The van der Waals surface area contributed by atoms with Crippen LogP contribution < -0.4 is 4.74 Å². The topological polar surface area (TPSA) is 9.23 Å². The predicted molar refractivity (Wildman–Crippen MR) is 59.6 cm³/mol. The lowest BCUT2D eigenvalue weighted by Gasteiger charge is -2.44. The molecule has 0 atom stereocenters. The minimum absolute atomic E-state index is 0.494. The molecule has 0 radical (unpaired) electrons. The van der Waals surface area contributed by atoms with E-state index < -0.39 is 0 Å².